The van der Waals surface area contributed by atoms with Gasteiger partial charge < -0.3 is 14.8 Å². The highest BCUT2D eigenvalue weighted by atomic mass is 35.5. The monoisotopic (exact) mass is 267 g/mol. The van der Waals surface area contributed by atoms with E-state index in [0.29, 0.717) is 5.02 Å². The number of aromatic carboxylic acids is 1. The van der Waals surface area contributed by atoms with E-state index in [4.69, 9.17) is 16.7 Å². The fourth-order valence-corrected chi connectivity index (χ4v) is 2.47. The van der Waals surface area contributed by atoms with Crippen LogP contribution in [0.4, 0.5) is 5.69 Å². The maximum Gasteiger partial charge on any atom is 0.335 e. The van der Waals surface area contributed by atoms with E-state index in [1.165, 1.54) is 6.07 Å². The number of benzene rings is 1. The Hall–Kier alpha value is -1.55. The zero-order valence-corrected chi connectivity index (χ0v) is 10.6. The molecule has 0 radical (unpaired) electrons. The van der Waals surface area contributed by atoms with Crippen LogP contribution in [0.25, 0.3) is 0 Å². The van der Waals surface area contributed by atoms with Crippen molar-refractivity contribution in [3.8, 4) is 0 Å². The van der Waals surface area contributed by atoms with Gasteiger partial charge in [0.2, 0.25) is 0 Å². The molecule has 0 aromatic heterocycles. The Morgan fingerprint density at radius 2 is 2.06 bits per heavy atom. The minimum Gasteiger partial charge on any atom is -0.478 e. The van der Waals surface area contributed by atoms with E-state index < -0.39 is 5.97 Å². The number of rotatable bonds is 3. The first-order valence-corrected chi connectivity index (χ1v) is 6.22. The molecule has 1 fully saturated rings. The van der Waals surface area contributed by atoms with E-state index in [1.807, 2.05) is 0 Å². The van der Waals surface area contributed by atoms with Gasteiger partial charge in [-0.15, -0.1) is 0 Å². The second kappa shape index (κ2) is 5.40. The predicted octanol–water partition coefficient (Wildman–Crippen LogP) is 2.45. The smallest absolute Gasteiger partial charge is 0.335 e. The standard InChI is InChI=1S/C13H14ClNO3/c14-11-7-10(13(17)18)1-2-12(11)15-5-3-9(8-16)4-6-15/h1-2,7-9H,3-6H2,(H,17,18). The van der Waals surface area contributed by atoms with E-state index >= 15 is 0 Å². The topological polar surface area (TPSA) is 57.6 Å². The second-order valence-corrected chi connectivity index (χ2v) is 4.84. The largest absolute Gasteiger partial charge is 0.478 e. The zero-order chi connectivity index (χ0) is 13.1. The first-order chi connectivity index (χ1) is 8.61. The van der Waals surface area contributed by atoms with Gasteiger partial charge >= 0.3 is 5.97 Å². The number of nitrogens with zero attached hydrogens (tertiary/aromatic N) is 1. The van der Waals surface area contributed by atoms with Gasteiger partial charge in [0, 0.05) is 19.0 Å². The van der Waals surface area contributed by atoms with E-state index in [1.54, 1.807) is 12.1 Å². The Morgan fingerprint density at radius 1 is 1.39 bits per heavy atom. The summed E-state index contributed by atoms with van der Waals surface area (Å²) in [4.78, 5) is 23.6. The van der Waals surface area contributed by atoms with Gasteiger partial charge in [-0.3, -0.25) is 0 Å². The average Bonchev–Trinajstić information content (AvgIpc) is 2.38. The van der Waals surface area contributed by atoms with Crippen molar-refractivity contribution < 1.29 is 14.7 Å². The molecule has 0 unspecified atom stereocenters. The molecule has 0 saturated carbocycles. The molecule has 1 aromatic rings. The van der Waals surface area contributed by atoms with Crippen LogP contribution in [0.3, 0.4) is 0 Å². The lowest BCUT2D eigenvalue weighted by Crippen LogP contribution is -2.34. The molecule has 1 aliphatic heterocycles. The van der Waals surface area contributed by atoms with Gasteiger partial charge in [0.1, 0.15) is 6.29 Å². The predicted molar refractivity (Wildman–Crippen MR) is 69.4 cm³/mol. The van der Waals surface area contributed by atoms with Crippen molar-refractivity contribution in [2.75, 3.05) is 18.0 Å². The van der Waals surface area contributed by atoms with Crippen LogP contribution in [-0.2, 0) is 4.79 Å². The molecular formula is C13H14ClNO3. The highest BCUT2D eigenvalue weighted by Gasteiger charge is 2.20. The number of hydrogen-bond donors (Lipinski definition) is 1. The number of carbonyl (C=O) groups excluding carboxylic acids is 1. The summed E-state index contributed by atoms with van der Waals surface area (Å²) in [7, 11) is 0. The number of hydrogen-bond acceptors (Lipinski definition) is 3. The molecular weight excluding hydrogens is 254 g/mol. The average molecular weight is 268 g/mol. The normalized spacial score (nSPS) is 16.6. The van der Waals surface area contributed by atoms with Gasteiger partial charge in [0.15, 0.2) is 0 Å². The molecule has 1 aromatic carbocycles. The highest BCUT2D eigenvalue weighted by Crippen LogP contribution is 2.30. The van der Waals surface area contributed by atoms with Crippen molar-refractivity contribution >= 4 is 29.5 Å². The van der Waals surface area contributed by atoms with Crippen molar-refractivity contribution in [3.63, 3.8) is 0 Å². The maximum atomic E-state index is 10.8. The molecule has 0 spiro atoms. The lowest BCUT2D eigenvalue weighted by atomic mass is 9.98. The highest BCUT2D eigenvalue weighted by molar-refractivity contribution is 6.33. The first kappa shape index (κ1) is 12.9. The number of carbonyl (C=O) groups is 2. The molecule has 1 N–H and O–H groups in total. The fourth-order valence-electron chi connectivity index (χ4n) is 2.17. The lowest BCUT2D eigenvalue weighted by Gasteiger charge is -2.32. The van der Waals surface area contributed by atoms with Crippen molar-refractivity contribution in [2.24, 2.45) is 5.92 Å². The third kappa shape index (κ3) is 2.64. The van der Waals surface area contributed by atoms with Crippen molar-refractivity contribution in [1.29, 1.82) is 0 Å². The molecule has 0 amide bonds. The summed E-state index contributed by atoms with van der Waals surface area (Å²) in [6.07, 6.45) is 2.65. The van der Waals surface area contributed by atoms with Crippen LogP contribution in [0.15, 0.2) is 18.2 Å². The molecule has 1 heterocycles. The van der Waals surface area contributed by atoms with Crippen LogP contribution in [-0.4, -0.2) is 30.5 Å². The van der Waals surface area contributed by atoms with Gasteiger partial charge in [0.25, 0.3) is 0 Å². The molecule has 2 rings (SSSR count). The summed E-state index contributed by atoms with van der Waals surface area (Å²) in [6, 6.07) is 4.74. The molecule has 5 heteroatoms. The molecule has 0 atom stereocenters. The number of aldehydes is 1. The van der Waals surface area contributed by atoms with Gasteiger partial charge in [-0.05, 0) is 31.0 Å². The molecule has 0 bridgehead atoms. The molecule has 0 aliphatic carbocycles. The van der Waals surface area contributed by atoms with Crippen LogP contribution >= 0.6 is 11.6 Å². The summed E-state index contributed by atoms with van der Waals surface area (Å²) >= 11 is 6.10. The SMILES string of the molecule is O=CC1CCN(c2ccc(C(=O)O)cc2Cl)CC1. The molecule has 1 saturated heterocycles. The Labute approximate surface area is 110 Å². The Bertz CT molecular complexity index is 467. The Morgan fingerprint density at radius 3 is 2.56 bits per heavy atom. The van der Waals surface area contributed by atoms with E-state index in [9.17, 15) is 9.59 Å². The summed E-state index contributed by atoms with van der Waals surface area (Å²) in [6.45, 7) is 1.55. The summed E-state index contributed by atoms with van der Waals surface area (Å²) in [5.74, 6) is -0.846. The van der Waals surface area contributed by atoms with E-state index in [-0.39, 0.29) is 11.5 Å². The van der Waals surface area contributed by atoms with Crippen LogP contribution in [0.2, 0.25) is 5.02 Å². The van der Waals surface area contributed by atoms with Crippen LogP contribution < -0.4 is 4.90 Å². The van der Waals surface area contributed by atoms with E-state index in [0.717, 1.165) is 37.9 Å². The third-order valence-electron chi connectivity index (χ3n) is 3.27. The first-order valence-electron chi connectivity index (χ1n) is 5.85. The second-order valence-electron chi connectivity index (χ2n) is 4.43. The Balaban J connectivity index is 2.14. The molecule has 1 aliphatic rings. The number of carboxylic acid groups (broad SMARTS) is 1. The van der Waals surface area contributed by atoms with Crippen LogP contribution in [0.1, 0.15) is 23.2 Å². The Kier molecular flexibility index (Phi) is 3.87. The molecule has 18 heavy (non-hydrogen) atoms. The number of piperidine rings is 1. The quantitative estimate of drug-likeness (QED) is 0.855. The maximum absolute atomic E-state index is 10.8. The van der Waals surface area contributed by atoms with E-state index in [2.05, 4.69) is 4.90 Å². The van der Waals surface area contributed by atoms with Gasteiger partial charge in [-0.2, -0.15) is 0 Å². The summed E-state index contributed by atoms with van der Waals surface area (Å²) < 4.78 is 0. The zero-order valence-electron chi connectivity index (χ0n) is 9.80. The van der Waals surface area contributed by atoms with Crippen molar-refractivity contribution in [2.45, 2.75) is 12.8 Å². The minimum absolute atomic E-state index is 0.137. The molecule has 4 nitrogen and oxygen atoms in total. The number of halogens is 1. The van der Waals surface area contributed by atoms with Gasteiger partial charge in [-0.1, -0.05) is 11.6 Å². The fraction of sp³-hybridized carbons (Fsp3) is 0.385. The minimum atomic E-state index is -0.983. The van der Waals surface area contributed by atoms with Gasteiger partial charge in [-0.25, -0.2) is 4.79 Å². The van der Waals surface area contributed by atoms with Gasteiger partial charge in [0.05, 0.1) is 16.3 Å². The third-order valence-corrected chi connectivity index (χ3v) is 3.57. The summed E-state index contributed by atoms with van der Waals surface area (Å²) in [5, 5.41) is 9.31. The van der Waals surface area contributed by atoms with Crippen molar-refractivity contribution in [3.05, 3.63) is 28.8 Å². The lowest BCUT2D eigenvalue weighted by molar-refractivity contribution is -0.111. The number of carboxylic acids is 1. The number of anilines is 1. The summed E-state index contributed by atoms with van der Waals surface area (Å²) in [5.41, 5.74) is 1.03. The van der Waals surface area contributed by atoms with Crippen LogP contribution in [0.5, 0.6) is 0 Å². The van der Waals surface area contributed by atoms with Crippen molar-refractivity contribution in [1.82, 2.24) is 0 Å². The molecule has 96 valence electrons. The van der Waals surface area contributed by atoms with Crippen LogP contribution in [0, 0.1) is 5.92 Å².